The molecule has 22 heavy (non-hydrogen) atoms. The predicted octanol–water partition coefficient (Wildman–Crippen LogP) is 3.68. The van der Waals surface area contributed by atoms with E-state index in [1.807, 2.05) is 13.8 Å². The zero-order valence-corrected chi connectivity index (χ0v) is 14.3. The number of esters is 1. The summed E-state index contributed by atoms with van der Waals surface area (Å²) in [4.78, 5) is 27.5. The molecule has 1 heterocycles. The number of carbonyl (C=O) groups is 2. The van der Waals surface area contributed by atoms with Gasteiger partial charge in [0.15, 0.2) is 0 Å². The summed E-state index contributed by atoms with van der Waals surface area (Å²) in [6, 6.07) is -0.158. The molecule has 2 amide bonds. The molecule has 0 saturated heterocycles. The Morgan fingerprint density at radius 1 is 1.18 bits per heavy atom. The van der Waals surface area contributed by atoms with Crippen molar-refractivity contribution in [3.8, 4) is 0 Å². The molecule has 0 atom stereocenters. The van der Waals surface area contributed by atoms with Crippen molar-refractivity contribution in [1.82, 2.24) is 4.90 Å². The molecule has 1 N–H and O–H groups in total. The van der Waals surface area contributed by atoms with Crippen molar-refractivity contribution in [2.45, 2.75) is 46.5 Å². The van der Waals surface area contributed by atoms with Crippen LogP contribution in [0.5, 0.6) is 0 Å². The summed E-state index contributed by atoms with van der Waals surface area (Å²) in [6.45, 7) is 7.30. The lowest BCUT2D eigenvalue weighted by atomic mass is 9.95. The van der Waals surface area contributed by atoms with E-state index >= 15 is 0 Å². The number of rotatable bonds is 5. The first-order valence-corrected chi connectivity index (χ1v) is 8.81. The van der Waals surface area contributed by atoms with Gasteiger partial charge in [0.05, 0.1) is 12.2 Å². The summed E-state index contributed by atoms with van der Waals surface area (Å²) in [6.07, 6.45) is 4.09. The van der Waals surface area contributed by atoms with Gasteiger partial charge >= 0.3 is 12.0 Å². The highest BCUT2D eigenvalue weighted by Gasteiger charge is 2.27. The second kappa shape index (κ2) is 7.63. The van der Waals surface area contributed by atoms with E-state index in [2.05, 4.69) is 5.32 Å². The fraction of sp³-hybridized carbons (Fsp3) is 0.625. The Hall–Kier alpha value is -1.56. The van der Waals surface area contributed by atoms with Crippen molar-refractivity contribution in [1.29, 1.82) is 0 Å². The van der Waals surface area contributed by atoms with Crippen LogP contribution in [0.15, 0.2) is 0 Å². The summed E-state index contributed by atoms with van der Waals surface area (Å²) in [5.41, 5.74) is 1.65. The highest BCUT2D eigenvalue weighted by molar-refractivity contribution is 7.17. The maximum absolute atomic E-state index is 12.3. The SMILES string of the molecule is CCOC(=O)c1c(NC(=O)N(CC)CC)sc2c1CCCC2. The number of ether oxygens (including phenoxy) is 1. The molecule has 6 heteroatoms. The molecule has 0 unspecified atom stereocenters. The molecule has 5 nitrogen and oxygen atoms in total. The molecule has 122 valence electrons. The van der Waals surface area contributed by atoms with Crippen LogP contribution in [0, 0.1) is 0 Å². The Morgan fingerprint density at radius 2 is 1.86 bits per heavy atom. The average Bonchev–Trinajstić information content (AvgIpc) is 2.86. The molecule has 1 aromatic rings. The van der Waals surface area contributed by atoms with Gasteiger partial charge in [-0.05, 0) is 52.0 Å². The molecule has 0 spiro atoms. The quantitative estimate of drug-likeness (QED) is 0.841. The number of hydrogen-bond acceptors (Lipinski definition) is 4. The molecule has 2 rings (SSSR count). The van der Waals surface area contributed by atoms with E-state index in [4.69, 9.17) is 4.74 Å². The molecule has 0 radical (unpaired) electrons. The molecule has 0 aromatic carbocycles. The Bertz CT molecular complexity index is 550. The van der Waals surface area contributed by atoms with Crippen LogP contribution in [0.4, 0.5) is 9.80 Å². The van der Waals surface area contributed by atoms with Crippen LogP contribution in [0.1, 0.15) is 54.4 Å². The molecule has 1 aliphatic rings. The highest BCUT2D eigenvalue weighted by atomic mass is 32.1. The van der Waals surface area contributed by atoms with Crippen LogP contribution in [0.3, 0.4) is 0 Å². The summed E-state index contributed by atoms with van der Waals surface area (Å²) in [7, 11) is 0. The highest BCUT2D eigenvalue weighted by Crippen LogP contribution is 2.38. The third-order valence-electron chi connectivity index (χ3n) is 3.92. The standard InChI is InChI=1S/C16H24N2O3S/c1-4-18(5-2)16(20)17-14-13(15(19)21-6-3)11-9-7-8-10-12(11)22-14/h4-10H2,1-3H3,(H,17,20). The number of hydrogen-bond donors (Lipinski definition) is 1. The summed E-state index contributed by atoms with van der Waals surface area (Å²) in [5.74, 6) is -0.322. The minimum atomic E-state index is -0.322. The molecular formula is C16H24N2O3S. The van der Waals surface area contributed by atoms with Crippen LogP contribution in [-0.2, 0) is 17.6 Å². The Morgan fingerprint density at radius 3 is 2.50 bits per heavy atom. The Labute approximate surface area is 135 Å². The minimum Gasteiger partial charge on any atom is -0.462 e. The van der Waals surface area contributed by atoms with Crippen molar-refractivity contribution >= 4 is 28.3 Å². The molecule has 0 aliphatic heterocycles. The number of fused-ring (bicyclic) bond motifs is 1. The maximum atomic E-state index is 12.3. The monoisotopic (exact) mass is 324 g/mol. The van der Waals surface area contributed by atoms with E-state index in [-0.39, 0.29) is 12.0 Å². The van der Waals surface area contributed by atoms with Gasteiger partial charge in [0.25, 0.3) is 0 Å². The smallest absolute Gasteiger partial charge is 0.341 e. The number of anilines is 1. The van der Waals surface area contributed by atoms with Crippen molar-refractivity contribution in [2.75, 3.05) is 25.0 Å². The number of nitrogens with zero attached hydrogens (tertiary/aromatic N) is 1. The Kier molecular flexibility index (Phi) is 5.83. The minimum absolute atomic E-state index is 0.158. The normalized spacial score (nSPS) is 13.4. The topological polar surface area (TPSA) is 58.6 Å². The van der Waals surface area contributed by atoms with Crippen LogP contribution in [0.2, 0.25) is 0 Å². The van der Waals surface area contributed by atoms with Gasteiger partial charge < -0.3 is 9.64 Å². The summed E-state index contributed by atoms with van der Waals surface area (Å²) in [5, 5.41) is 3.55. The van der Waals surface area contributed by atoms with Crippen molar-refractivity contribution in [3.05, 3.63) is 16.0 Å². The summed E-state index contributed by atoms with van der Waals surface area (Å²) >= 11 is 1.52. The van der Waals surface area contributed by atoms with Gasteiger partial charge in [-0.25, -0.2) is 9.59 Å². The summed E-state index contributed by atoms with van der Waals surface area (Å²) < 4.78 is 5.19. The third kappa shape index (κ3) is 3.43. The van der Waals surface area contributed by atoms with Gasteiger partial charge in [-0.2, -0.15) is 0 Å². The van der Waals surface area contributed by atoms with Crippen LogP contribution in [0.25, 0.3) is 0 Å². The second-order valence-corrected chi connectivity index (χ2v) is 6.34. The fourth-order valence-corrected chi connectivity index (χ4v) is 4.03. The number of amides is 2. The molecule has 1 aliphatic carbocycles. The first kappa shape index (κ1) is 16.8. The van der Waals surface area contributed by atoms with E-state index in [0.717, 1.165) is 31.2 Å². The van der Waals surface area contributed by atoms with E-state index < -0.39 is 0 Å². The van der Waals surface area contributed by atoms with Crippen molar-refractivity contribution in [3.63, 3.8) is 0 Å². The molecular weight excluding hydrogens is 300 g/mol. The van der Waals surface area contributed by atoms with Gasteiger partial charge in [-0.15, -0.1) is 11.3 Å². The fourth-order valence-electron chi connectivity index (χ4n) is 2.76. The van der Waals surface area contributed by atoms with E-state index in [9.17, 15) is 9.59 Å². The molecule has 0 fully saturated rings. The lowest BCUT2D eigenvalue weighted by molar-refractivity contribution is 0.0526. The van der Waals surface area contributed by atoms with Crippen LogP contribution in [-0.4, -0.2) is 36.6 Å². The average molecular weight is 324 g/mol. The molecule has 1 aromatic heterocycles. The first-order valence-electron chi connectivity index (χ1n) is 7.99. The van der Waals surface area contributed by atoms with E-state index in [1.54, 1.807) is 11.8 Å². The zero-order chi connectivity index (χ0) is 16.1. The molecule has 0 bridgehead atoms. The van der Waals surface area contributed by atoms with Crippen LogP contribution >= 0.6 is 11.3 Å². The van der Waals surface area contributed by atoms with Crippen LogP contribution < -0.4 is 5.32 Å². The lowest BCUT2D eigenvalue weighted by Crippen LogP contribution is -2.34. The molecule has 0 saturated carbocycles. The number of aryl methyl sites for hydroxylation is 1. The first-order chi connectivity index (χ1) is 10.6. The predicted molar refractivity (Wildman–Crippen MR) is 88.9 cm³/mol. The third-order valence-corrected chi connectivity index (χ3v) is 5.13. The zero-order valence-electron chi connectivity index (χ0n) is 13.5. The number of nitrogens with one attached hydrogen (secondary N) is 1. The number of urea groups is 1. The van der Waals surface area contributed by atoms with Gasteiger partial charge in [0, 0.05) is 18.0 Å². The second-order valence-electron chi connectivity index (χ2n) is 5.24. The van der Waals surface area contributed by atoms with E-state index in [1.165, 1.54) is 16.2 Å². The van der Waals surface area contributed by atoms with Crippen molar-refractivity contribution < 1.29 is 14.3 Å². The van der Waals surface area contributed by atoms with Gasteiger partial charge in [-0.1, -0.05) is 0 Å². The van der Waals surface area contributed by atoms with Gasteiger partial charge in [-0.3, -0.25) is 5.32 Å². The van der Waals surface area contributed by atoms with Gasteiger partial charge in [0.2, 0.25) is 0 Å². The van der Waals surface area contributed by atoms with E-state index in [0.29, 0.717) is 30.3 Å². The Balaban J connectivity index is 2.31. The number of carbonyl (C=O) groups excluding carboxylic acids is 2. The maximum Gasteiger partial charge on any atom is 0.341 e. The largest absolute Gasteiger partial charge is 0.462 e. The van der Waals surface area contributed by atoms with Crippen molar-refractivity contribution in [2.24, 2.45) is 0 Å². The van der Waals surface area contributed by atoms with Gasteiger partial charge in [0.1, 0.15) is 5.00 Å². The number of thiophene rings is 1. The lowest BCUT2D eigenvalue weighted by Gasteiger charge is -2.19.